The van der Waals surface area contributed by atoms with Crippen molar-refractivity contribution in [2.24, 2.45) is 0 Å². The smallest absolute Gasteiger partial charge is 0.349 e. The average molecular weight is 484 g/mol. The summed E-state index contributed by atoms with van der Waals surface area (Å²) in [5, 5.41) is 10.3. The number of carboxylic acid groups (broad SMARTS) is 1. The third kappa shape index (κ3) is 4.42. The van der Waals surface area contributed by atoms with Crippen LogP contribution in [0.4, 0.5) is 5.69 Å². The highest BCUT2D eigenvalue weighted by atomic mass is 35.5. The number of anilines is 1. The van der Waals surface area contributed by atoms with Gasteiger partial charge in [-0.05, 0) is 61.2 Å². The van der Waals surface area contributed by atoms with Gasteiger partial charge >= 0.3 is 5.97 Å². The summed E-state index contributed by atoms with van der Waals surface area (Å²) in [7, 11) is 0. The van der Waals surface area contributed by atoms with Crippen molar-refractivity contribution in [1.82, 2.24) is 9.55 Å². The number of hydrogen-bond donors (Lipinski definition) is 2. The minimum absolute atomic E-state index is 0.163. The number of rotatable bonds is 4. The molecule has 1 aliphatic rings. The van der Waals surface area contributed by atoms with Gasteiger partial charge in [-0.15, -0.1) is 0 Å². The standard InChI is InChI=1S/C24H19Cl2N3O4/c1-12-3-4-13(2)15(9-12)10-14-7-8-29-21(14)28-18-11-16(5-6-17(18)23(29)31)27-22(30)19(25)20(26)24(32)33/h3-6,9-11H,7-8H2,1-2H3,(H,27,30)(H,32,33)/b14-10?,20-19-. The summed E-state index contributed by atoms with van der Waals surface area (Å²) in [6, 6.07) is 10.8. The van der Waals surface area contributed by atoms with Crippen molar-refractivity contribution in [3.05, 3.63) is 79.3 Å². The Balaban J connectivity index is 1.75. The van der Waals surface area contributed by atoms with Gasteiger partial charge < -0.3 is 10.4 Å². The number of halogens is 2. The van der Waals surface area contributed by atoms with E-state index in [2.05, 4.69) is 29.6 Å². The molecule has 2 N–H and O–H groups in total. The molecule has 0 saturated carbocycles. The second kappa shape index (κ2) is 8.84. The Morgan fingerprint density at radius 2 is 1.88 bits per heavy atom. The quantitative estimate of drug-likeness (QED) is 0.525. The van der Waals surface area contributed by atoms with E-state index in [1.165, 1.54) is 6.07 Å². The van der Waals surface area contributed by atoms with Crippen molar-refractivity contribution >= 4 is 63.3 Å². The number of carbonyl (C=O) groups excluding carboxylic acids is 1. The average Bonchev–Trinajstić information content (AvgIpc) is 3.17. The van der Waals surface area contributed by atoms with Crippen molar-refractivity contribution in [3.8, 4) is 0 Å². The summed E-state index contributed by atoms with van der Waals surface area (Å²) in [6.07, 6.45) is 2.74. The fourth-order valence-corrected chi connectivity index (χ4v) is 3.93. The number of allylic oxidation sites excluding steroid dienone is 1. The van der Waals surface area contributed by atoms with E-state index in [0.717, 1.165) is 22.3 Å². The number of amides is 1. The van der Waals surface area contributed by atoms with Crippen LogP contribution >= 0.6 is 23.2 Å². The summed E-state index contributed by atoms with van der Waals surface area (Å²) in [5.41, 5.74) is 4.85. The molecule has 0 atom stereocenters. The molecule has 33 heavy (non-hydrogen) atoms. The lowest BCUT2D eigenvalue weighted by atomic mass is 10.0. The van der Waals surface area contributed by atoms with Crippen LogP contribution in [0.3, 0.4) is 0 Å². The van der Waals surface area contributed by atoms with Crippen molar-refractivity contribution in [2.45, 2.75) is 26.8 Å². The lowest BCUT2D eigenvalue weighted by Gasteiger charge is -2.09. The summed E-state index contributed by atoms with van der Waals surface area (Å²) in [5.74, 6) is -1.80. The molecular weight excluding hydrogens is 465 g/mol. The topological polar surface area (TPSA) is 101 Å². The molecule has 2 aromatic carbocycles. The number of carbonyl (C=O) groups is 2. The highest BCUT2D eigenvalue weighted by Crippen LogP contribution is 2.29. The number of aliphatic carboxylic acids is 1. The molecule has 9 heteroatoms. The lowest BCUT2D eigenvalue weighted by Crippen LogP contribution is -2.21. The molecule has 1 aromatic heterocycles. The molecule has 0 saturated heterocycles. The minimum atomic E-state index is -1.51. The van der Waals surface area contributed by atoms with E-state index in [4.69, 9.17) is 33.3 Å². The number of aromatic nitrogens is 2. The molecule has 3 aromatic rings. The van der Waals surface area contributed by atoms with Crippen molar-refractivity contribution in [3.63, 3.8) is 0 Å². The first-order valence-corrected chi connectivity index (χ1v) is 10.8. The SMILES string of the molecule is Cc1ccc(C)c(C=C2CCn3c2nc2cc(NC(=O)/C(Cl)=C(/Cl)C(=O)O)ccc2c3=O)c1. The second-order valence-corrected chi connectivity index (χ2v) is 8.55. The first kappa shape index (κ1) is 22.8. The highest BCUT2D eigenvalue weighted by Gasteiger charge is 2.22. The lowest BCUT2D eigenvalue weighted by molar-refractivity contribution is -0.132. The molecule has 4 rings (SSSR count). The molecule has 0 spiro atoms. The molecule has 1 amide bonds. The fraction of sp³-hybridized carbons (Fsp3) is 0.167. The number of nitrogens with one attached hydrogen (secondary N) is 1. The monoisotopic (exact) mass is 483 g/mol. The molecular formula is C24H19Cl2N3O4. The van der Waals surface area contributed by atoms with Crippen molar-refractivity contribution in [1.29, 1.82) is 0 Å². The van der Waals surface area contributed by atoms with E-state index >= 15 is 0 Å². The van der Waals surface area contributed by atoms with E-state index in [9.17, 15) is 14.4 Å². The van der Waals surface area contributed by atoms with Gasteiger partial charge in [0.1, 0.15) is 15.9 Å². The van der Waals surface area contributed by atoms with Gasteiger partial charge in [-0.1, -0.05) is 47.0 Å². The first-order valence-electron chi connectivity index (χ1n) is 10.1. The van der Waals surface area contributed by atoms with E-state index in [0.29, 0.717) is 35.4 Å². The molecule has 0 unspecified atom stereocenters. The molecule has 0 bridgehead atoms. The maximum absolute atomic E-state index is 13.0. The summed E-state index contributed by atoms with van der Waals surface area (Å²) >= 11 is 11.3. The van der Waals surface area contributed by atoms with E-state index in [1.54, 1.807) is 16.7 Å². The van der Waals surface area contributed by atoms with Gasteiger partial charge in [0.15, 0.2) is 0 Å². The Bertz CT molecular complexity index is 1450. The summed E-state index contributed by atoms with van der Waals surface area (Å²) < 4.78 is 1.66. The van der Waals surface area contributed by atoms with Gasteiger partial charge in [0.25, 0.3) is 11.5 Å². The number of benzene rings is 2. The van der Waals surface area contributed by atoms with Crippen LogP contribution < -0.4 is 10.9 Å². The molecule has 0 aliphatic carbocycles. The molecule has 0 fully saturated rings. The predicted molar refractivity (Wildman–Crippen MR) is 129 cm³/mol. The zero-order valence-electron chi connectivity index (χ0n) is 17.8. The number of fused-ring (bicyclic) bond motifs is 2. The number of hydrogen-bond acceptors (Lipinski definition) is 4. The van der Waals surface area contributed by atoms with E-state index < -0.39 is 21.9 Å². The normalized spacial score (nSPS) is 14.8. The maximum atomic E-state index is 13.0. The minimum Gasteiger partial charge on any atom is -0.477 e. The van der Waals surface area contributed by atoms with Crippen LogP contribution in [-0.2, 0) is 16.1 Å². The number of nitrogens with zero attached hydrogens (tertiary/aromatic N) is 2. The van der Waals surface area contributed by atoms with E-state index in [-0.39, 0.29) is 5.56 Å². The zero-order chi connectivity index (χ0) is 23.9. The Morgan fingerprint density at radius 3 is 2.61 bits per heavy atom. The van der Waals surface area contributed by atoms with Crippen LogP contribution in [0.25, 0.3) is 22.6 Å². The molecule has 1 aliphatic heterocycles. The highest BCUT2D eigenvalue weighted by molar-refractivity contribution is 6.54. The molecule has 168 valence electrons. The van der Waals surface area contributed by atoms with Gasteiger partial charge in [0.2, 0.25) is 0 Å². The largest absolute Gasteiger partial charge is 0.477 e. The van der Waals surface area contributed by atoms with Crippen LogP contribution in [-0.4, -0.2) is 26.5 Å². The summed E-state index contributed by atoms with van der Waals surface area (Å²) in [6.45, 7) is 4.61. The predicted octanol–water partition coefficient (Wildman–Crippen LogP) is 4.67. The van der Waals surface area contributed by atoms with Crippen LogP contribution in [0.2, 0.25) is 0 Å². The Kier molecular flexibility index (Phi) is 6.10. The zero-order valence-corrected chi connectivity index (χ0v) is 19.3. The Labute approximate surface area is 199 Å². The summed E-state index contributed by atoms with van der Waals surface area (Å²) in [4.78, 5) is 40.9. The van der Waals surface area contributed by atoms with Gasteiger partial charge in [0, 0.05) is 12.2 Å². The Hall–Kier alpha value is -3.42. The van der Waals surface area contributed by atoms with Gasteiger partial charge in [-0.2, -0.15) is 0 Å². The van der Waals surface area contributed by atoms with Crippen LogP contribution in [0.1, 0.15) is 28.9 Å². The maximum Gasteiger partial charge on any atom is 0.349 e. The second-order valence-electron chi connectivity index (χ2n) is 7.79. The molecule has 0 radical (unpaired) electrons. The van der Waals surface area contributed by atoms with Crippen molar-refractivity contribution < 1.29 is 14.7 Å². The van der Waals surface area contributed by atoms with E-state index in [1.807, 2.05) is 13.8 Å². The first-order chi connectivity index (χ1) is 15.7. The van der Waals surface area contributed by atoms with Gasteiger partial charge in [-0.25, -0.2) is 9.78 Å². The van der Waals surface area contributed by atoms with Crippen molar-refractivity contribution in [2.75, 3.05) is 5.32 Å². The molecule has 2 heterocycles. The van der Waals surface area contributed by atoms with Gasteiger partial charge in [0.05, 0.1) is 10.9 Å². The van der Waals surface area contributed by atoms with Gasteiger partial charge in [-0.3, -0.25) is 14.2 Å². The van der Waals surface area contributed by atoms with Crippen LogP contribution in [0.5, 0.6) is 0 Å². The number of aryl methyl sites for hydroxylation is 2. The van der Waals surface area contributed by atoms with Crippen LogP contribution in [0, 0.1) is 13.8 Å². The third-order valence-electron chi connectivity index (χ3n) is 5.45. The van der Waals surface area contributed by atoms with Crippen LogP contribution in [0.15, 0.2) is 51.3 Å². The molecule has 7 nitrogen and oxygen atoms in total. The number of carboxylic acids is 1. The third-order valence-corrected chi connectivity index (χ3v) is 6.26. The fourth-order valence-electron chi connectivity index (χ4n) is 3.71. The Morgan fingerprint density at radius 1 is 1.12 bits per heavy atom.